The van der Waals surface area contributed by atoms with Gasteiger partial charge in [0.15, 0.2) is 0 Å². The molecule has 0 aliphatic heterocycles. The van der Waals surface area contributed by atoms with Crippen LogP contribution in [0.25, 0.3) is 0 Å². The summed E-state index contributed by atoms with van der Waals surface area (Å²) in [6, 6.07) is 5.39. The number of carbonyl (C=O) groups excluding carboxylic acids is 1. The van der Waals surface area contributed by atoms with Gasteiger partial charge in [-0.05, 0) is 18.1 Å². The van der Waals surface area contributed by atoms with Crippen molar-refractivity contribution in [1.82, 2.24) is 4.98 Å². The van der Waals surface area contributed by atoms with E-state index in [0.717, 1.165) is 0 Å². The lowest BCUT2D eigenvalue weighted by Crippen LogP contribution is -2.33. The minimum Gasteiger partial charge on any atom is -0.330 e. The van der Waals surface area contributed by atoms with Gasteiger partial charge in [0.2, 0.25) is 5.91 Å². The molecule has 82 valence electrons. The van der Waals surface area contributed by atoms with Gasteiger partial charge in [-0.25, -0.2) is 4.98 Å². The van der Waals surface area contributed by atoms with Crippen molar-refractivity contribution >= 4 is 11.7 Å². The first-order chi connectivity index (χ1) is 7.15. The molecule has 0 aliphatic rings. The van der Waals surface area contributed by atoms with Crippen molar-refractivity contribution in [2.24, 2.45) is 17.6 Å². The Hall–Kier alpha value is -1.42. The molecule has 3 N–H and O–H groups in total. The van der Waals surface area contributed by atoms with E-state index in [1.54, 1.807) is 18.3 Å². The Balaban J connectivity index is 2.62. The van der Waals surface area contributed by atoms with Gasteiger partial charge in [0.25, 0.3) is 0 Å². The molecule has 0 spiro atoms. The van der Waals surface area contributed by atoms with E-state index in [-0.39, 0.29) is 17.7 Å². The summed E-state index contributed by atoms with van der Waals surface area (Å²) >= 11 is 0. The molecule has 4 nitrogen and oxygen atoms in total. The zero-order valence-electron chi connectivity index (χ0n) is 9.10. The van der Waals surface area contributed by atoms with Crippen LogP contribution in [0.1, 0.15) is 13.8 Å². The predicted molar refractivity (Wildman–Crippen MR) is 60.2 cm³/mol. The van der Waals surface area contributed by atoms with Crippen molar-refractivity contribution in [3.63, 3.8) is 0 Å². The van der Waals surface area contributed by atoms with Crippen LogP contribution in [-0.2, 0) is 4.79 Å². The van der Waals surface area contributed by atoms with Crippen LogP contribution in [0.4, 0.5) is 5.82 Å². The summed E-state index contributed by atoms with van der Waals surface area (Å²) < 4.78 is 0. The van der Waals surface area contributed by atoms with Gasteiger partial charge in [-0.2, -0.15) is 0 Å². The number of rotatable bonds is 4. The highest BCUT2D eigenvalue weighted by Gasteiger charge is 2.20. The van der Waals surface area contributed by atoms with Crippen molar-refractivity contribution in [2.75, 3.05) is 11.9 Å². The van der Waals surface area contributed by atoms with Gasteiger partial charge in [-0.1, -0.05) is 19.9 Å². The normalized spacial score (nSPS) is 12.5. The van der Waals surface area contributed by atoms with Crippen LogP contribution in [0.2, 0.25) is 0 Å². The van der Waals surface area contributed by atoms with E-state index in [4.69, 9.17) is 5.73 Å². The van der Waals surface area contributed by atoms with E-state index in [2.05, 4.69) is 10.3 Å². The molecule has 0 radical (unpaired) electrons. The van der Waals surface area contributed by atoms with E-state index in [0.29, 0.717) is 12.4 Å². The number of carbonyl (C=O) groups is 1. The number of nitrogens with zero attached hydrogens (tertiary/aromatic N) is 1. The molecule has 1 amide bonds. The molecule has 0 fully saturated rings. The molecule has 4 heteroatoms. The van der Waals surface area contributed by atoms with Crippen LogP contribution in [0, 0.1) is 11.8 Å². The number of aromatic nitrogens is 1. The molecule has 1 aromatic rings. The number of nitrogens with two attached hydrogens (primary N) is 1. The molecule has 0 saturated heterocycles. The van der Waals surface area contributed by atoms with Crippen molar-refractivity contribution in [3.05, 3.63) is 24.4 Å². The summed E-state index contributed by atoms with van der Waals surface area (Å²) in [7, 11) is 0. The highest BCUT2D eigenvalue weighted by molar-refractivity contribution is 5.91. The van der Waals surface area contributed by atoms with Gasteiger partial charge < -0.3 is 11.1 Å². The molecular weight excluding hydrogens is 190 g/mol. The standard InChI is InChI=1S/C11H17N3O/c1-8(2)9(7-12)11(15)14-10-5-3-4-6-13-10/h3-6,8-9H,7,12H2,1-2H3,(H,13,14,15). The number of nitrogens with one attached hydrogen (secondary N) is 1. The minimum atomic E-state index is -0.160. The Morgan fingerprint density at radius 3 is 2.73 bits per heavy atom. The molecule has 0 aromatic carbocycles. The molecule has 1 rings (SSSR count). The second kappa shape index (κ2) is 5.46. The molecule has 15 heavy (non-hydrogen) atoms. The Labute approximate surface area is 89.9 Å². The first kappa shape index (κ1) is 11.7. The molecule has 0 aliphatic carbocycles. The first-order valence-corrected chi connectivity index (χ1v) is 5.07. The Morgan fingerprint density at radius 2 is 2.27 bits per heavy atom. The van der Waals surface area contributed by atoms with E-state index in [1.165, 1.54) is 0 Å². The second-order valence-corrected chi connectivity index (χ2v) is 3.79. The SMILES string of the molecule is CC(C)C(CN)C(=O)Nc1ccccn1. The summed E-state index contributed by atoms with van der Waals surface area (Å²) in [5, 5.41) is 2.74. The summed E-state index contributed by atoms with van der Waals surface area (Å²) in [4.78, 5) is 15.8. The Bertz CT molecular complexity index is 311. The lowest BCUT2D eigenvalue weighted by molar-refractivity contribution is -0.120. The first-order valence-electron chi connectivity index (χ1n) is 5.07. The van der Waals surface area contributed by atoms with E-state index >= 15 is 0 Å². The third-order valence-electron chi connectivity index (χ3n) is 2.31. The zero-order chi connectivity index (χ0) is 11.3. The fourth-order valence-corrected chi connectivity index (χ4v) is 1.34. The second-order valence-electron chi connectivity index (χ2n) is 3.79. The van der Waals surface area contributed by atoms with Gasteiger partial charge in [0.05, 0.1) is 5.92 Å². The van der Waals surface area contributed by atoms with Gasteiger partial charge in [0.1, 0.15) is 5.82 Å². The predicted octanol–water partition coefficient (Wildman–Crippen LogP) is 1.25. The molecule has 1 aromatic heterocycles. The lowest BCUT2D eigenvalue weighted by atomic mass is 9.95. The molecule has 0 bridgehead atoms. The highest BCUT2D eigenvalue weighted by atomic mass is 16.2. The van der Waals surface area contributed by atoms with Crippen molar-refractivity contribution in [2.45, 2.75) is 13.8 Å². The van der Waals surface area contributed by atoms with E-state index in [9.17, 15) is 4.79 Å². The van der Waals surface area contributed by atoms with Crippen LogP contribution < -0.4 is 11.1 Å². The van der Waals surface area contributed by atoms with Crippen LogP contribution >= 0.6 is 0 Å². The maximum atomic E-state index is 11.8. The molecule has 1 heterocycles. The number of anilines is 1. The van der Waals surface area contributed by atoms with Gasteiger partial charge in [-0.3, -0.25) is 4.79 Å². The summed E-state index contributed by atoms with van der Waals surface area (Å²) in [5.41, 5.74) is 5.55. The smallest absolute Gasteiger partial charge is 0.230 e. The van der Waals surface area contributed by atoms with Crippen LogP contribution in [-0.4, -0.2) is 17.4 Å². The molecule has 1 atom stereocenters. The van der Waals surface area contributed by atoms with Gasteiger partial charge >= 0.3 is 0 Å². The molecule has 0 saturated carbocycles. The van der Waals surface area contributed by atoms with Crippen LogP contribution in [0.5, 0.6) is 0 Å². The van der Waals surface area contributed by atoms with Crippen molar-refractivity contribution < 1.29 is 4.79 Å². The maximum Gasteiger partial charge on any atom is 0.230 e. The topological polar surface area (TPSA) is 68.0 Å². The number of hydrogen-bond acceptors (Lipinski definition) is 3. The van der Waals surface area contributed by atoms with Crippen molar-refractivity contribution in [1.29, 1.82) is 0 Å². The Kier molecular flexibility index (Phi) is 4.24. The largest absolute Gasteiger partial charge is 0.330 e. The fraction of sp³-hybridized carbons (Fsp3) is 0.455. The number of hydrogen-bond donors (Lipinski definition) is 2. The third-order valence-corrected chi connectivity index (χ3v) is 2.31. The zero-order valence-corrected chi connectivity index (χ0v) is 9.10. The van der Waals surface area contributed by atoms with Crippen molar-refractivity contribution in [3.8, 4) is 0 Å². The minimum absolute atomic E-state index is 0.0637. The summed E-state index contributed by atoms with van der Waals surface area (Å²) in [6.07, 6.45) is 1.64. The quantitative estimate of drug-likeness (QED) is 0.780. The maximum absolute atomic E-state index is 11.8. The van der Waals surface area contributed by atoms with Crippen LogP contribution in [0.15, 0.2) is 24.4 Å². The lowest BCUT2D eigenvalue weighted by Gasteiger charge is -2.17. The summed E-state index contributed by atoms with van der Waals surface area (Å²) in [5.74, 6) is 0.582. The summed E-state index contributed by atoms with van der Waals surface area (Å²) in [6.45, 7) is 4.32. The molecule has 1 unspecified atom stereocenters. The fourth-order valence-electron chi connectivity index (χ4n) is 1.34. The van der Waals surface area contributed by atoms with E-state index < -0.39 is 0 Å². The van der Waals surface area contributed by atoms with E-state index in [1.807, 2.05) is 19.9 Å². The molecular formula is C11H17N3O. The number of amides is 1. The van der Waals surface area contributed by atoms with Gasteiger partial charge in [-0.15, -0.1) is 0 Å². The average Bonchev–Trinajstić information content (AvgIpc) is 2.19. The highest BCUT2D eigenvalue weighted by Crippen LogP contribution is 2.11. The monoisotopic (exact) mass is 207 g/mol. The Morgan fingerprint density at radius 1 is 1.53 bits per heavy atom. The average molecular weight is 207 g/mol. The number of pyridine rings is 1. The van der Waals surface area contributed by atoms with Crippen LogP contribution in [0.3, 0.4) is 0 Å². The van der Waals surface area contributed by atoms with Gasteiger partial charge in [0, 0.05) is 12.7 Å². The third kappa shape index (κ3) is 3.32.